The van der Waals surface area contributed by atoms with E-state index in [1.54, 1.807) is 27.7 Å². The van der Waals surface area contributed by atoms with Gasteiger partial charge in [-0.25, -0.2) is 9.59 Å². The van der Waals surface area contributed by atoms with Gasteiger partial charge in [0.2, 0.25) is 0 Å². The van der Waals surface area contributed by atoms with E-state index in [4.69, 9.17) is 9.47 Å². The van der Waals surface area contributed by atoms with Gasteiger partial charge in [-0.1, -0.05) is 13.3 Å². The van der Waals surface area contributed by atoms with Crippen LogP contribution in [-0.4, -0.2) is 30.3 Å². The maximum absolute atomic E-state index is 11.5. The Morgan fingerprint density at radius 1 is 1.29 bits per heavy atom. The molecule has 0 aliphatic rings. The van der Waals surface area contributed by atoms with Crippen LogP contribution in [0.3, 0.4) is 0 Å². The molecule has 0 saturated heterocycles. The lowest BCUT2D eigenvalue weighted by atomic mass is 10.2. The van der Waals surface area contributed by atoms with Gasteiger partial charge >= 0.3 is 12.1 Å². The molecule has 0 aliphatic carbocycles. The average molecular weight is 245 g/mol. The first-order valence-corrected chi connectivity index (χ1v) is 5.92. The first-order valence-electron chi connectivity index (χ1n) is 5.92. The molecule has 0 saturated carbocycles. The van der Waals surface area contributed by atoms with E-state index in [0.29, 0.717) is 6.61 Å². The third-order valence-corrected chi connectivity index (χ3v) is 1.83. The van der Waals surface area contributed by atoms with E-state index in [0.717, 1.165) is 12.8 Å². The molecule has 1 amide bonds. The highest BCUT2D eigenvalue weighted by Crippen LogP contribution is 2.08. The van der Waals surface area contributed by atoms with E-state index in [1.165, 1.54) is 0 Å². The molecular weight excluding hydrogens is 222 g/mol. The van der Waals surface area contributed by atoms with Crippen LogP contribution in [0.1, 0.15) is 47.5 Å². The highest BCUT2D eigenvalue weighted by atomic mass is 16.6. The predicted molar refractivity (Wildman–Crippen MR) is 64.7 cm³/mol. The number of hydrogen-bond donors (Lipinski definition) is 1. The molecule has 1 N–H and O–H groups in total. The zero-order valence-electron chi connectivity index (χ0n) is 11.3. The maximum Gasteiger partial charge on any atom is 0.407 e. The molecule has 0 radical (unpaired) electrons. The smallest absolute Gasteiger partial charge is 0.407 e. The van der Waals surface area contributed by atoms with Gasteiger partial charge in [0.25, 0.3) is 0 Å². The van der Waals surface area contributed by atoms with Gasteiger partial charge in [0.05, 0.1) is 6.61 Å². The van der Waals surface area contributed by atoms with Gasteiger partial charge in [-0.05, 0) is 34.1 Å². The lowest BCUT2D eigenvalue weighted by Gasteiger charge is -2.22. The third kappa shape index (κ3) is 8.54. The Balaban J connectivity index is 3.95. The molecular formula is C12H23NO4. The number of esters is 1. The number of carbonyl (C=O) groups excluding carboxylic acids is 2. The number of carbonyl (C=O) groups is 2. The van der Waals surface area contributed by atoms with E-state index < -0.39 is 23.7 Å². The van der Waals surface area contributed by atoms with Crippen LogP contribution >= 0.6 is 0 Å². The Morgan fingerprint density at radius 3 is 2.35 bits per heavy atom. The van der Waals surface area contributed by atoms with Gasteiger partial charge in [0.15, 0.2) is 0 Å². The number of nitrogens with one attached hydrogen (secondary N) is 1. The summed E-state index contributed by atoms with van der Waals surface area (Å²) >= 11 is 0. The van der Waals surface area contributed by atoms with E-state index in [9.17, 15) is 9.59 Å². The first kappa shape index (κ1) is 15.7. The fraction of sp³-hybridized carbons (Fsp3) is 0.833. The predicted octanol–water partition coefficient (Wildman–Crippen LogP) is 2.24. The largest absolute Gasteiger partial charge is 0.458 e. The highest BCUT2D eigenvalue weighted by molar-refractivity contribution is 5.81. The van der Waals surface area contributed by atoms with Crippen LogP contribution in [0.4, 0.5) is 4.79 Å². The fourth-order valence-corrected chi connectivity index (χ4v) is 0.977. The van der Waals surface area contributed by atoms with Crippen molar-refractivity contribution in [2.45, 2.75) is 59.1 Å². The van der Waals surface area contributed by atoms with Gasteiger partial charge in [0, 0.05) is 0 Å². The lowest BCUT2D eigenvalue weighted by molar-refractivity contribution is -0.156. The second-order valence-corrected chi connectivity index (χ2v) is 4.89. The molecule has 0 aromatic carbocycles. The molecule has 1 atom stereocenters. The van der Waals surface area contributed by atoms with Crippen molar-refractivity contribution < 1.29 is 19.1 Å². The molecule has 0 rings (SSSR count). The number of ether oxygens (including phenoxy) is 2. The van der Waals surface area contributed by atoms with Gasteiger partial charge in [-0.3, -0.25) is 0 Å². The number of amides is 1. The van der Waals surface area contributed by atoms with Gasteiger partial charge in [-0.15, -0.1) is 0 Å². The van der Waals surface area contributed by atoms with E-state index in [2.05, 4.69) is 5.32 Å². The number of alkyl carbamates (subject to hydrolysis) is 1. The summed E-state index contributed by atoms with van der Waals surface area (Å²) in [6.45, 7) is 9.26. The third-order valence-electron chi connectivity index (χ3n) is 1.83. The Labute approximate surface area is 103 Å². The van der Waals surface area contributed by atoms with Crippen LogP contribution < -0.4 is 5.32 Å². The molecule has 17 heavy (non-hydrogen) atoms. The van der Waals surface area contributed by atoms with Crippen molar-refractivity contribution in [2.75, 3.05) is 6.61 Å². The summed E-state index contributed by atoms with van der Waals surface area (Å²) in [6.07, 6.45) is 1.18. The standard InChI is InChI=1S/C12H23NO4/c1-6-7-8-16-11(15)13-9(2)10(14)17-12(3,4)5/h9H,6-8H2,1-5H3,(H,13,15). The molecule has 0 aromatic heterocycles. The second-order valence-electron chi connectivity index (χ2n) is 4.89. The van der Waals surface area contributed by atoms with Gasteiger partial charge < -0.3 is 14.8 Å². The fourth-order valence-electron chi connectivity index (χ4n) is 0.977. The van der Waals surface area contributed by atoms with Crippen molar-refractivity contribution >= 4 is 12.1 Å². The van der Waals surface area contributed by atoms with Crippen LogP contribution in [0.5, 0.6) is 0 Å². The SMILES string of the molecule is CCCCOC(=O)NC(C)C(=O)OC(C)(C)C. The van der Waals surface area contributed by atoms with Crippen molar-refractivity contribution in [3.63, 3.8) is 0 Å². The average Bonchev–Trinajstić information content (AvgIpc) is 2.15. The molecule has 5 heteroatoms. The normalized spacial score (nSPS) is 12.8. The summed E-state index contributed by atoms with van der Waals surface area (Å²) in [4.78, 5) is 22.8. The summed E-state index contributed by atoms with van der Waals surface area (Å²) in [5.41, 5.74) is -0.556. The van der Waals surface area contributed by atoms with E-state index in [1.807, 2.05) is 6.92 Å². The van der Waals surface area contributed by atoms with E-state index >= 15 is 0 Å². The molecule has 0 aliphatic heterocycles. The topological polar surface area (TPSA) is 64.6 Å². The van der Waals surface area contributed by atoms with Crippen molar-refractivity contribution in [1.82, 2.24) is 5.32 Å². The quantitative estimate of drug-likeness (QED) is 0.596. The Morgan fingerprint density at radius 2 is 1.88 bits per heavy atom. The molecule has 0 fully saturated rings. The molecule has 0 aromatic rings. The molecule has 0 bridgehead atoms. The zero-order valence-corrected chi connectivity index (χ0v) is 11.3. The first-order chi connectivity index (χ1) is 7.76. The monoisotopic (exact) mass is 245 g/mol. The Kier molecular flexibility index (Phi) is 6.61. The minimum Gasteiger partial charge on any atom is -0.458 e. The van der Waals surface area contributed by atoms with Crippen LogP contribution in [-0.2, 0) is 14.3 Å². The Hall–Kier alpha value is -1.26. The number of unbranched alkanes of at least 4 members (excludes halogenated alkanes) is 1. The minimum atomic E-state index is -0.705. The number of hydrogen-bond acceptors (Lipinski definition) is 4. The van der Waals surface area contributed by atoms with Crippen LogP contribution in [0.2, 0.25) is 0 Å². The van der Waals surface area contributed by atoms with Crippen LogP contribution in [0.25, 0.3) is 0 Å². The molecule has 1 unspecified atom stereocenters. The summed E-state index contributed by atoms with van der Waals surface area (Å²) in [6, 6.07) is -0.705. The van der Waals surface area contributed by atoms with Crippen LogP contribution in [0, 0.1) is 0 Å². The second kappa shape index (κ2) is 7.14. The maximum atomic E-state index is 11.5. The molecule has 0 heterocycles. The molecule has 100 valence electrons. The molecule has 0 spiro atoms. The lowest BCUT2D eigenvalue weighted by Crippen LogP contribution is -2.42. The summed E-state index contributed by atoms with van der Waals surface area (Å²) in [5, 5.41) is 2.43. The summed E-state index contributed by atoms with van der Waals surface area (Å²) < 4.78 is 9.99. The highest BCUT2D eigenvalue weighted by Gasteiger charge is 2.23. The van der Waals surface area contributed by atoms with Crippen molar-refractivity contribution in [3.8, 4) is 0 Å². The van der Waals surface area contributed by atoms with Gasteiger partial charge in [0.1, 0.15) is 11.6 Å². The van der Waals surface area contributed by atoms with Crippen LogP contribution in [0.15, 0.2) is 0 Å². The van der Waals surface area contributed by atoms with Crippen molar-refractivity contribution in [1.29, 1.82) is 0 Å². The number of rotatable bonds is 5. The van der Waals surface area contributed by atoms with Gasteiger partial charge in [-0.2, -0.15) is 0 Å². The summed E-state index contributed by atoms with van der Waals surface area (Å²) in [5.74, 6) is -0.468. The zero-order chi connectivity index (χ0) is 13.5. The van der Waals surface area contributed by atoms with Crippen molar-refractivity contribution in [2.24, 2.45) is 0 Å². The van der Waals surface area contributed by atoms with Crippen molar-refractivity contribution in [3.05, 3.63) is 0 Å². The molecule has 5 nitrogen and oxygen atoms in total. The minimum absolute atomic E-state index is 0.364. The Bertz CT molecular complexity index is 258. The summed E-state index contributed by atoms with van der Waals surface area (Å²) in [7, 11) is 0. The van der Waals surface area contributed by atoms with E-state index in [-0.39, 0.29) is 0 Å².